The maximum Gasteiger partial charge on any atom is 0.323 e. The molecule has 0 aliphatic carbocycles. The average Bonchev–Trinajstić information content (AvgIpc) is 3.21. The molecule has 0 aliphatic rings. The quantitative estimate of drug-likeness (QED) is 0.286. The minimum atomic E-state index is -0.294. The lowest BCUT2D eigenvalue weighted by molar-refractivity contribution is -0.492. The Morgan fingerprint density at radius 2 is 2.13 bits per heavy atom. The maximum absolute atomic E-state index is 12.0. The summed E-state index contributed by atoms with van der Waals surface area (Å²) in [4.78, 5) is 12.0. The fourth-order valence-electron chi connectivity index (χ4n) is 2.20. The van der Waals surface area contributed by atoms with Crippen LogP contribution in [0, 0.1) is 0 Å². The first-order chi connectivity index (χ1) is 14.5. The van der Waals surface area contributed by atoms with Gasteiger partial charge in [0.15, 0.2) is 0 Å². The van der Waals surface area contributed by atoms with Crippen molar-refractivity contribution in [3.8, 4) is 11.5 Å². The summed E-state index contributed by atoms with van der Waals surface area (Å²) in [5.74, 6) is 0.598. The fourth-order valence-corrected chi connectivity index (χ4v) is 5.16. The van der Waals surface area contributed by atoms with Gasteiger partial charge in [-0.3, -0.25) is 4.79 Å². The number of halogens is 1. The number of ether oxygens (including phenoxy) is 1. The minimum absolute atomic E-state index is 0.155. The first kappa shape index (κ1) is 22.4. The number of hydrogen-bond acceptors (Lipinski definition) is 8. The third-order valence-corrected chi connectivity index (χ3v) is 7.23. The lowest BCUT2D eigenvalue weighted by Gasteiger charge is -2.14. The molecule has 0 spiro atoms. The third-order valence-electron chi connectivity index (χ3n) is 3.65. The number of aromatic amines is 1. The zero-order valence-corrected chi connectivity index (χ0v) is 19.0. The van der Waals surface area contributed by atoms with Crippen molar-refractivity contribution >= 4 is 58.6 Å². The summed E-state index contributed by atoms with van der Waals surface area (Å²) >= 11 is 10.3. The molecular formula is C19H17ClN4O3S3. The number of H-pyrrole nitrogens is 1. The number of thioether (sulfide) groups is 2. The van der Waals surface area contributed by atoms with Gasteiger partial charge < -0.3 is 9.84 Å². The van der Waals surface area contributed by atoms with Gasteiger partial charge in [0.2, 0.25) is 4.34 Å². The van der Waals surface area contributed by atoms with Crippen molar-refractivity contribution in [2.75, 3.05) is 12.9 Å². The van der Waals surface area contributed by atoms with E-state index < -0.39 is 0 Å². The molecule has 156 valence electrons. The normalized spacial score (nSPS) is 11.0. The van der Waals surface area contributed by atoms with Crippen LogP contribution in [-0.2, 0) is 10.5 Å². The number of carbonyl (C=O) groups is 1. The summed E-state index contributed by atoms with van der Waals surface area (Å²) in [5.41, 5.74) is 3.90. The molecule has 1 aromatic heterocycles. The first-order valence-electron chi connectivity index (χ1n) is 8.59. The van der Waals surface area contributed by atoms with Gasteiger partial charge in [0.05, 0.1) is 19.1 Å². The zero-order chi connectivity index (χ0) is 21.3. The van der Waals surface area contributed by atoms with E-state index in [4.69, 9.17) is 16.3 Å². The van der Waals surface area contributed by atoms with Crippen LogP contribution in [0.1, 0.15) is 11.1 Å². The van der Waals surface area contributed by atoms with E-state index in [1.54, 1.807) is 30.0 Å². The minimum Gasteiger partial charge on any atom is -0.870 e. The van der Waals surface area contributed by atoms with Crippen LogP contribution < -0.4 is 20.4 Å². The SMILES string of the molecule is COc1cccc(C=NNC(=O)CSc2n[nH+]c(SCc3ccc(Cl)cc3)s2)c1[O-]. The number of methoxy groups -OCH3 is 1. The summed E-state index contributed by atoms with van der Waals surface area (Å²) in [6, 6.07) is 12.5. The number of amides is 1. The molecule has 3 aromatic rings. The van der Waals surface area contributed by atoms with E-state index in [1.807, 2.05) is 24.3 Å². The Kier molecular flexibility index (Phi) is 8.38. The molecule has 0 saturated heterocycles. The number of hydrazone groups is 1. The summed E-state index contributed by atoms with van der Waals surface area (Å²) in [6.45, 7) is 0. The number of para-hydroxylation sites is 1. The summed E-state index contributed by atoms with van der Waals surface area (Å²) in [5, 5.41) is 23.7. The lowest BCUT2D eigenvalue weighted by Crippen LogP contribution is -2.19. The van der Waals surface area contributed by atoms with E-state index in [2.05, 4.69) is 20.7 Å². The number of hydrogen-bond donors (Lipinski definition) is 1. The van der Waals surface area contributed by atoms with Crippen molar-refractivity contribution in [1.82, 2.24) is 10.5 Å². The van der Waals surface area contributed by atoms with Gasteiger partial charge in [-0.25, -0.2) is 5.43 Å². The Labute approximate surface area is 190 Å². The van der Waals surface area contributed by atoms with Crippen LogP contribution in [-0.4, -0.2) is 30.1 Å². The number of benzene rings is 2. The third kappa shape index (κ3) is 6.63. The van der Waals surface area contributed by atoms with Crippen LogP contribution in [0.15, 0.2) is 56.2 Å². The summed E-state index contributed by atoms with van der Waals surface area (Å²) < 4.78 is 6.67. The zero-order valence-electron chi connectivity index (χ0n) is 15.8. The molecule has 1 amide bonds. The van der Waals surface area contributed by atoms with E-state index in [9.17, 15) is 9.90 Å². The van der Waals surface area contributed by atoms with Gasteiger partial charge in [-0.05, 0) is 52.4 Å². The number of nitrogens with zero attached hydrogens (tertiary/aromatic N) is 2. The van der Waals surface area contributed by atoms with Crippen molar-refractivity contribution in [3.05, 3.63) is 58.6 Å². The fraction of sp³-hybridized carbons (Fsp3) is 0.158. The highest BCUT2D eigenvalue weighted by atomic mass is 35.5. The van der Waals surface area contributed by atoms with Crippen LogP contribution in [0.5, 0.6) is 11.5 Å². The molecule has 11 heteroatoms. The topological polar surface area (TPSA) is 101 Å². The molecule has 0 atom stereocenters. The van der Waals surface area contributed by atoms with Crippen molar-refractivity contribution in [2.45, 2.75) is 14.4 Å². The Balaban J connectivity index is 1.43. The van der Waals surface area contributed by atoms with Crippen LogP contribution in [0.3, 0.4) is 0 Å². The monoisotopic (exact) mass is 480 g/mol. The van der Waals surface area contributed by atoms with Crippen LogP contribution in [0.2, 0.25) is 5.02 Å². The molecule has 0 aliphatic heterocycles. The Bertz CT molecular complexity index is 1030. The van der Waals surface area contributed by atoms with Crippen LogP contribution >= 0.6 is 46.5 Å². The second-order valence-corrected chi connectivity index (χ2v) is 9.66. The van der Waals surface area contributed by atoms with E-state index in [0.29, 0.717) is 10.6 Å². The lowest BCUT2D eigenvalue weighted by atomic mass is 10.2. The molecule has 7 nitrogen and oxygen atoms in total. The Hall–Kier alpha value is -2.27. The molecule has 0 saturated carbocycles. The second kappa shape index (κ2) is 11.2. The molecule has 1 heterocycles. The molecule has 0 unspecified atom stereocenters. The summed E-state index contributed by atoms with van der Waals surface area (Å²) in [6.07, 6.45) is 1.30. The van der Waals surface area contributed by atoms with E-state index >= 15 is 0 Å². The van der Waals surface area contributed by atoms with Gasteiger partial charge in [0.1, 0.15) is 5.75 Å². The largest absolute Gasteiger partial charge is 0.870 e. The van der Waals surface area contributed by atoms with Gasteiger partial charge in [0, 0.05) is 15.9 Å². The smallest absolute Gasteiger partial charge is 0.323 e. The second-order valence-electron chi connectivity index (χ2n) is 5.75. The van der Waals surface area contributed by atoms with Gasteiger partial charge in [0.25, 0.3) is 5.91 Å². The van der Waals surface area contributed by atoms with E-state index in [1.165, 1.54) is 36.4 Å². The van der Waals surface area contributed by atoms with Gasteiger partial charge in [-0.15, -0.1) is 0 Å². The van der Waals surface area contributed by atoms with Gasteiger partial charge >= 0.3 is 4.34 Å². The average molecular weight is 481 g/mol. The van der Waals surface area contributed by atoms with Crippen molar-refractivity contribution < 1.29 is 19.7 Å². The molecule has 0 bridgehead atoms. The Morgan fingerprint density at radius 1 is 1.33 bits per heavy atom. The molecule has 0 fully saturated rings. The highest BCUT2D eigenvalue weighted by molar-refractivity contribution is 8.03. The Morgan fingerprint density at radius 3 is 2.90 bits per heavy atom. The van der Waals surface area contributed by atoms with Crippen LogP contribution in [0.4, 0.5) is 0 Å². The molecule has 30 heavy (non-hydrogen) atoms. The van der Waals surface area contributed by atoms with Crippen LogP contribution in [0.25, 0.3) is 0 Å². The van der Waals surface area contributed by atoms with Gasteiger partial charge in [-0.1, -0.05) is 58.5 Å². The highest BCUT2D eigenvalue weighted by Crippen LogP contribution is 2.29. The standard InChI is InChI=1S/C19H17ClN4O3S3/c1-27-15-4-2-3-13(17(15)26)9-21-22-16(25)11-29-19-24-23-18(30-19)28-10-12-5-7-14(20)8-6-12/h2-9,26H,10-11H2,1H3,(H,22,25). The molecule has 2 N–H and O–H groups in total. The number of nitrogens with one attached hydrogen (secondary N) is 2. The number of rotatable bonds is 9. The molecule has 0 radical (unpaired) electrons. The number of carbonyl (C=O) groups excluding carboxylic acids is 1. The molecule has 3 rings (SSSR count). The maximum atomic E-state index is 12.0. The van der Waals surface area contributed by atoms with Crippen molar-refractivity contribution in [3.63, 3.8) is 0 Å². The molecular weight excluding hydrogens is 464 g/mol. The van der Waals surface area contributed by atoms with Crippen molar-refractivity contribution in [2.24, 2.45) is 5.10 Å². The predicted octanol–water partition coefficient (Wildman–Crippen LogP) is 3.23. The predicted molar refractivity (Wildman–Crippen MR) is 119 cm³/mol. The van der Waals surface area contributed by atoms with Gasteiger partial charge in [-0.2, -0.15) is 5.10 Å². The first-order valence-corrected chi connectivity index (χ1v) is 11.8. The van der Waals surface area contributed by atoms with E-state index in [-0.39, 0.29) is 23.2 Å². The van der Waals surface area contributed by atoms with E-state index in [0.717, 1.165) is 20.0 Å². The molecule has 2 aromatic carbocycles. The van der Waals surface area contributed by atoms with Crippen molar-refractivity contribution in [1.29, 1.82) is 0 Å². The number of aromatic nitrogens is 2. The summed E-state index contributed by atoms with van der Waals surface area (Å²) in [7, 11) is 1.42. The highest BCUT2D eigenvalue weighted by Gasteiger charge is 2.13.